The third-order valence-electron chi connectivity index (χ3n) is 3.19. The molecule has 0 aliphatic carbocycles. The monoisotopic (exact) mass is 301 g/mol. The van der Waals surface area contributed by atoms with Gasteiger partial charge in [-0.1, -0.05) is 19.1 Å². The average Bonchev–Trinajstić information content (AvgIpc) is 2.38. The molecule has 0 aromatic rings. The summed E-state index contributed by atoms with van der Waals surface area (Å²) in [5.41, 5.74) is 5.61. The molecule has 1 rings (SSSR count). The zero-order valence-corrected chi connectivity index (χ0v) is 13.0. The first-order valence-electron chi connectivity index (χ1n) is 6.86. The summed E-state index contributed by atoms with van der Waals surface area (Å²) in [5.74, 6) is -0.907. The largest absolute Gasteiger partial charge is 0.393 e. The van der Waals surface area contributed by atoms with Crippen molar-refractivity contribution in [1.29, 1.82) is 0 Å². The van der Waals surface area contributed by atoms with Crippen molar-refractivity contribution in [3.05, 3.63) is 0 Å². The van der Waals surface area contributed by atoms with Crippen molar-refractivity contribution in [2.24, 2.45) is 11.7 Å². The van der Waals surface area contributed by atoms with Gasteiger partial charge in [0.15, 0.2) is 0 Å². The van der Waals surface area contributed by atoms with E-state index in [4.69, 9.17) is 22.7 Å². The van der Waals surface area contributed by atoms with Gasteiger partial charge in [0.25, 0.3) is 0 Å². The first-order valence-corrected chi connectivity index (χ1v) is 7.27. The Morgan fingerprint density at radius 1 is 1.50 bits per heavy atom. The molecule has 0 aromatic heterocycles. The highest BCUT2D eigenvalue weighted by molar-refractivity contribution is 7.80. The number of hydrogen-bond acceptors (Lipinski definition) is 4. The third kappa shape index (κ3) is 4.14. The number of thiocarbonyl (C=S) groups is 1. The number of nitrogens with two attached hydrogens (primary N) is 1. The van der Waals surface area contributed by atoms with E-state index in [2.05, 4.69) is 5.32 Å². The SMILES string of the molecule is CCC(C(=O)N1CCOCC1C(=O)NC(C)C)C(N)=S. The molecule has 0 spiro atoms. The summed E-state index contributed by atoms with van der Waals surface area (Å²) in [6, 6.07) is -0.596. The third-order valence-corrected chi connectivity index (χ3v) is 3.48. The highest BCUT2D eigenvalue weighted by Gasteiger charge is 2.36. The molecule has 1 heterocycles. The molecule has 114 valence electrons. The van der Waals surface area contributed by atoms with Gasteiger partial charge >= 0.3 is 0 Å². The second-order valence-corrected chi connectivity index (χ2v) is 5.62. The van der Waals surface area contributed by atoms with E-state index in [0.717, 1.165) is 0 Å². The van der Waals surface area contributed by atoms with Gasteiger partial charge in [-0.25, -0.2) is 0 Å². The summed E-state index contributed by atoms with van der Waals surface area (Å²) in [6.45, 7) is 6.61. The summed E-state index contributed by atoms with van der Waals surface area (Å²) >= 11 is 4.93. The minimum Gasteiger partial charge on any atom is -0.393 e. The predicted molar refractivity (Wildman–Crippen MR) is 80.2 cm³/mol. The fourth-order valence-corrected chi connectivity index (χ4v) is 2.43. The summed E-state index contributed by atoms with van der Waals surface area (Å²) < 4.78 is 5.32. The summed E-state index contributed by atoms with van der Waals surface area (Å²) in [4.78, 5) is 26.4. The Morgan fingerprint density at radius 3 is 2.65 bits per heavy atom. The topological polar surface area (TPSA) is 84.7 Å². The number of carbonyl (C=O) groups excluding carboxylic acids is 2. The molecule has 1 aliphatic rings. The second-order valence-electron chi connectivity index (χ2n) is 5.15. The Labute approximate surface area is 125 Å². The first-order chi connectivity index (χ1) is 9.38. The summed E-state index contributed by atoms with van der Waals surface area (Å²) in [5, 5.41) is 2.81. The van der Waals surface area contributed by atoms with Crippen LogP contribution in [0.4, 0.5) is 0 Å². The van der Waals surface area contributed by atoms with Gasteiger partial charge in [0.05, 0.1) is 24.1 Å². The number of hydrogen-bond donors (Lipinski definition) is 2. The van der Waals surface area contributed by atoms with Crippen molar-refractivity contribution in [2.75, 3.05) is 19.8 Å². The van der Waals surface area contributed by atoms with E-state index >= 15 is 0 Å². The summed E-state index contributed by atoms with van der Waals surface area (Å²) in [6.07, 6.45) is 0.532. The van der Waals surface area contributed by atoms with E-state index in [-0.39, 0.29) is 29.5 Å². The molecule has 3 N–H and O–H groups in total. The van der Waals surface area contributed by atoms with Crippen LogP contribution in [-0.2, 0) is 14.3 Å². The molecule has 20 heavy (non-hydrogen) atoms. The smallest absolute Gasteiger partial charge is 0.245 e. The van der Waals surface area contributed by atoms with E-state index in [0.29, 0.717) is 19.6 Å². The number of carbonyl (C=O) groups is 2. The van der Waals surface area contributed by atoms with E-state index in [1.54, 1.807) is 0 Å². The van der Waals surface area contributed by atoms with Gasteiger partial charge in [-0.05, 0) is 20.3 Å². The molecule has 0 bridgehead atoms. The van der Waals surface area contributed by atoms with Gasteiger partial charge in [-0.2, -0.15) is 0 Å². The minimum absolute atomic E-state index is 0.0129. The molecule has 2 amide bonds. The number of morpholine rings is 1. The zero-order valence-electron chi connectivity index (χ0n) is 12.2. The highest BCUT2D eigenvalue weighted by Crippen LogP contribution is 2.15. The Bertz CT molecular complexity index is 387. The van der Waals surface area contributed by atoms with Crippen molar-refractivity contribution in [1.82, 2.24) is 10.2 Å². The molecule has 1 fully saturated rings. The molecule has 7 heteroatoms. The minimum atomic E-state index is -0.609. The maximum absolute atomic E-state index is 12.5. The van der Waals surface area contributed by atoms with E-state index in [1.165, 1.54) is 4.90 Å². The van der Waals surface area contributed by atoms with Crippen LogP contribution < -0.4 is 11.1 Å². The number of amides is 2. The van der Waals surface area contributed by atoms with Crippen molar-refractivity contribution in [2.45, 2.75) is 39.3 Å². The normalized spacial score (nSPS) is 20.6. The molecular formula is C13H23N3O3S. The molecule has 0 saturated carbocycles. The number of nitrogens with zero attached hydrogens (tertiary/aromatic N) is 1. The van der Waals surface area contributed by atoms with Gasteiger partial charge in [0.2, 0.25) is 11.8 Å². The molecule has 6 nitrogen and oxygen atoms in total. The lowest BCUT2D eigenvalue weighted by Gasteiger charge is -2.36. The quantitative estimate of drug-likeness (QED) is 0.701. The van der Waals surface area contributed by atoms with Gasteiger partial charge in [-0.3, -0.25) is 9.59 Å². The maximum Gasteiger partial charge on any atom is 0.245 e. The van der Waals surface area contributed by atoms with E-state index in [9.17, 15) is 9.59 Å². The zero-order chi connectivity index (χ0) is 15.3. The van der Waals surface area contributed by atoms with E-state index in [1.807, 2.05) is 20.8 Å². The lowest BCUT2D eigenvalue weighted by Crippen LogP contribution is -2.58. The lowest BCUT2D eigenvalue weighted by atomic mass is 10.0. The van der Waals surface area contributed by atoms with Gasteiger partial charge in [0.1, 0.15) is 6.04 Å². The Hall–Kier alpha value is -1.21. The van der Waals surface area contributed by atoms with Crippen molar-refractivity contribution < 1.29 is 14.3 Å². The first kappa shape index (κ1) is 16.8. The van der Waals surface area contributed by atoms with Gasteiger partial charge in [0, 0.05) is 12.6 Å². The molecular weight excluding hydrogens is 278 g/mol. The van der Waals surface area contributed by atoms with E-state index < -0.39 is 12.0 Å². The number of rotatable bonds is 5. The van der Waals surface area contributed by atoms with Gasteiger partial charge in [-0.15, -0.1) is 0 Å². The Kier molecular flexibility index (Phi) is 6.35. The van der Waals surface area contributed by atoms with Crippen molar-refractivity contribution in [3.8, 4) is 0 Å². The molecule has 1 aliphatic heterocycles. The Balaban J connectivity index is 2.85. The average molecular weight is 301 g/mol. The van der Waals surface area contributed by atoms with Crippen LogP contribution in [0.5, 0.6) is 0 Å². The van der Waals surface area contributed by atoms with Crippen LogP contribution in [0.2, 0.25) is 0 Å². The van der Waals surface area contributed by atoms with Crippen LogP contribution in [-0.4, -0.2) is 53.5 Å². The van der Waals surface area contributed by atoms with Crippen LogP contribution in [0.15, 0.2) is 0 Å². The van der Waals surface area contributed by atoms with Crippen LogP contribution in [0.25, 0.3) is 0 Å². The predicted octanol–water partition coefficient (Wildman–Crippen LogP) is 0.0507. The standard InChI is InChI=1S/C13H23N3O3S/c1-4-9(11(14)20)13(18)16-5-6-19-7-10(16)12(17)15-8(2)3/h8-10H,4-7H2,1-3H3,(H2,14,20)(H,15,17). The molecule has 1 saturated heterocycles. The second kappa shape index (κ2) is 7.54. The number of nitrogens with one attached hydrogen (secondary N) is 1. The fraction of sp³-hybridized carbons (Fsp3) is 0.769. The molecule has 0 radical (unpaired) electrons. The summed E-state index contributed by atoms with van der Waals surface area (Å²) in [7, 11) is 0. The molecule has 2 unspecified atom stereocenters. The maximum atomic E-state index is 12.5. The van der Waals surface area contributed by atoms with Crippen molar-refractivity contribution >= 4 is 29.0 Å². The van der Waals surface area contributed by atoms with Crippen LogP contribution >= 0.6 is 12.2 Å². The van der Waals surface area contributed by atoms with Crippen molar-refractivity contribution in [3.63, 3.8) is 0 Å². The molecule has 0 aromatic carbocycles. The number of ether oxygens (including phenoxy) is 1. The van der Waals surface area contributed by atoms with Crippen LogP contribution in [0.1, 0.15) is 27.2 Å². The van der Waals surface area contributed by atoms with Gasteiger partial charge < -0.3 is 20.7 Å². The fourth-order valence-electron chi connectivity index (χ4n) is 2.16. The lowest BCUT2D eigenvalue weighted by molar-refractivity contribution is -0.150. The molecule has 2 atom stereocenters. The van der Waals surface area contributed by atoms with Crippen LogP contribution in [0.3, 0.4) is 0 Å². The van der Waals surface area contributed by atoms with Crippen LogP contribution in [0, 0.1) is 5.92 Å². The Morgan fingerprint density at radius 2 is 2.15 bits per heavy atom. The highest BCUT2D eigenvalue weighted by atomic mass is 32.1.